The van der Waals surface area contributed by atoms with Gasteiger partial charge in [0.05, 0.1) is 5.69 Å². The van der Waals surface area contributed by atoms with Crippen LogP contribution in [0.15, 0.2) is 12.1 Å². The summed E-state index contributed by atoms with van der Waals surface area (Å²) >= 11 is 0. The standard InChI is InChI=1S/C17H29NO/c1-7-12-9-13(10-14(18)15(12)19)17(5,6)11-16(3,4)8-2/h9-10,19H,7-8,11,18H2,1-6H3. The van der Waals surface area contributed by atoms with Crippen molar-refractivity contribution in [3.63, 3.8) is 0 Å². The zero-order valence-electron chi connectivity index (χ0n) is 13.3. The van der Waals surface area contributed by atoms with Gasteiger partial charge in [0.2, 0.25) is 0 Å². The number of anilines is 1. The van der Waals surface area contributed by atoms with Gasteiger partial charge in [0.1, 0.15) is 5.75 Å². The van der Waals surface area contributed by atoms with Gasteiger partial charge in [-0.2, -0.15) is 0 Å². The second-order valence-electron chi connectivity index (χ2n) is 7.01. The first-order valence-electron chi connectivity index (χ1n) is 7.25. The fourth-order valence-electron chi connectivity index (χ4n) is 2.80. The van der Waals surface area contributed by atoms with Gasteiger partial charge in [0.15, 0.2) is 0 Å². The van der Waals surface area contributed by atoms with Crippen molar-refractivity contribution in [1.29, 1.82) is 0 Å². The zero-order valence-corrected chi connectivity index (χ0v) is 13.3. The number of benzene rings is 1. The van der Waals surface area contributed by atoms with Crippen LogP contribution in [-0.2, 0) is 11.8 Å². The van der Waals surface area contributed by atoms with Crippen LogP contribution >= 0.6 is 0 Å². The van der Waals surface area contributed by atoms with E-state index >= 15 is 0 Å². The molecule has 0 heterocycles. The Kier molecular flexibility index (Phi) is 4.54. The zero-order chi connectivity index (χ0) is 14.8. The monoisotopic (exact) mass is 263 g/mol. The Labute approximate surface area is 118 Å². The van der Waals surface area contributed by atoms with Crippen LogP contribution in [0.1, 0.15) is 65.5 Å². The predicted octanol–water partition coefficient (Wildman–Crippen LogP) is 4.64. The molecule has 0 bridgehead atoms. The van der Waals surface area contributed by atoms with Gasteiger partial charge in [-0.05, 0) is 40.9 Å². The van der Waals surface area contributed by atoms with Crippen LogP contribution in [0.2, 0.25) is 0 Å². The van der Waals surface area contributed by atoms with E-state index in [4.69, 9.17) is 5.73 Å². The number of nitrogen functional groups attached to an aromatic ring is 1. The normalized spacial score (nSPS) is 12.7. The molecule has 0 saturated heterocycles. The number of rotatable bonds is 5. The van der Waals surface area contributed by atoms with Crippen LogP contribution < -0.4 is 5.73 Å². The molecular formula is C17H29NO. The van der Waals surface area contributed by atoms with Crippen LogP contribution in [0.5, 0.6) is 5.75 Å². The minimum absolute atomic E-state index is 0.0608. The van der Waals surface area contributed by atoms with E-state index in [0.29, 0.717) is 11.1 Å². The molecule has 1 aromatic rings. The molecule has 0 aliphatic carbocycles. The average Bonchev–Trinajstić information content (AvgIpc) is 2.31. The number of hydrogen-bond acceptors (Lipinski definition) is 2. The van der Waals surface area contributed by atoms with E-state index in [9.17, 15) is 5.11 Å². The van der Waals surface area contributed by atoms with Gasteiger partial charge in [-0.25, -0.2) is 0 Å². The number of aryl methyl sites for hydroxylation is 1. The van der Waals surface area contributed by atoms with Gasteiger partial charge in [-0.15, -0.1) is 0 Å². The molecule has 0 radical (unpaired) electrons. The first kappa shape index (κ1) is 15.9. The van der Waals surface area contributed by atoms with Crippen molar-refractivity contribution in [2.24, 2.45) is 5.41 Å². The van der Waals surface area contributed by atoms with Gasteiger partial charge >= 0.3 is 0 Å². The lowest BCUT2D eigenvalue weighted by atomic mass is 9.70. The summed E-state index contributed by atoms with van der Waals surface area (Å²) in [4.78, 5) is 0. The Morgan fingerprint density at radius 2 is 1.68 bits per heavy atom. The van der Waals surface area contributed by atoms with E-state index in [1.165, 1.54) is 5.56 Å². The molecule has 0 aliphatic heterocycles. The van der Waals surface area contributed by atoms with Gasteiger partial charge in [0, 0.05) is 0 Å². The van der Waals surface area contributed by atoms with Crippen molar-refractivity contribution in [3.8, 4) is 5.75 Å². The quantitative estimate of drug-likeness (QED) is 0.600. The van der Waals surface area contributed by atoms with E-state index in [1.807, 2.05) is 13.0 Å². The van der Waals surface area contributed by atoms with Crippen molar-refractivity contribution in [3.05, 3.63) is 23.3 Å². The molecule has 0 atom stereocenters. The summed E-state index contributed by atoms with van der Waals surface area (Å²) in [5.41, 5.74) is 8.97. The van der Waals surface area contributed by atoms with Crippen molar-refractivity contribution in [2.45, 2.75) is 66.2 Å². The molecule has 1 rings (SSSR count). The molecule has 2 heteroatoms. The Bertz CT molecular complexity index is 447. The third-order valence-corrected chi connectivity index (χ3v) is 4.26. The lowest BCUT2D eigenvalue weighted by Crippen LogP contribution is -2.26. The number of phenolic OH excluding ortho intramolecular Hbond substituents is 1. The van der Waals surface area contributed by atoms with Crippen molar-refractivity contribution >= 4 is 5.69 Å². The van der Waals surface area contributed by atoms with Gasteiger partial charge in [-0.1, -0.05) is 54.0 Å². The van der Waals surface area contributed by atoms with Crippen LogP contribution in [0.4, 0.5) is 5.69 Å². The van der Waals surface area contributed by atoms with Crippen molar-refractivity contribution in [2.75, 3.05) is 5.73 Å². The molecule has 108 valence electrons. The molecule has 0 aliphatic rings. The molecule has 0 spiro atoms. The highest BCUT2D eigenvalue weighted by atomic mass is 16.3. The molecule has 0 amide bonds. The SMILES string of the molecule is CCc1cc(C(C)(C)CC(C)(C)CC)cc(N)c1O. The Morgan fingerprint density at radius 1 is 1.11 bits per heavy atom. The Morgan fingerprint density at radius 3 is 2.16 bits per heavy atom. The maximum absolute atomic E-state index is 9.94. The molecule has 0 unspecified atom stereocenters. The average molecular weight is 263 g/mol. The van der Waals surface area contributed by atoms with E-state index < -0.39 is 0 Å². The lowest BCUT2D eigenvalue weighted by molar-refractivity contribution is 0.248. The second kappa shape index (κ2) is 5.44. The lowest BCUT2D eigenvalue weighted by Gasteiger charge is -2.35. The van der Waals surface area contributed by atoms with Crippen LogP contribution in [0.3, 0.4) is 0 Å². The van der Waals surface area contributed by atoms with Gasteiger partial charge < -0.3 is 10.8 Å². The fraction of sp³-hybridized carbons (Fsp3) is 0.647. The van der Waals surface area contributed by atoms with Gasteiger partial charge in [-0.3, -0.25) is 0 Å². The van der Waals surface area contributed by atoms with Crippen molar-refractivity contribution in [1.82, 2.24) is 0 Å². The first-order valence-corrected chi connectivity index (χ1v) is 7.25. The van der Waals surface area contributed by atoms with Crippen LogP contribution in [0, 0.1) is 5.41 Å². The summed E-state index contributed by atoms with van der Waals surface area (Å²) in [6.07, 6.45) is 3.06. The highest BCUT2D eigenvalue weighted by Gasteiger charge is 2.29. The third-order valence-electron chi connectivity index (χ3n) is 4.26. The molecular weight excluding hydrogens is 234 g/mol. The smallest absolute Gasteiger partial charge is 0.141 e. The number of hydrogen-bond donors (Lipinski definition) is 2. The molecule has 2 nitrogen and oxygen atoms in total. The van der Waals surface area contributed by atoms with E-state index in [1.54, 1.807) is 0 Å². The topological polar surface area (TPSA) is 46.2 Å². The van der Waals surface area contributed by atoms with E-state index in [-0.39, 0.29) is 11.2 Å². The minimum Gasteiger partial charge on any atom is -0.506 e. The van der Waals surface area contributed by atoms with Crippen molar-refractivity contribution < 1.29 is 5.11 Å². The van der Waals surface area contributed by atoms with E-state index in [0.717, 1.165) is 24.8 Å². The third kappa shape index (κ3) is 3.65. The maximum Gasteiger partial charge on any atom is 0.141 e. The number of nitrogens with two attached hydrogens (primary N) is 1. The maximum atomic E-state index is 9.94. The predicted molar refractivity (Wildman–Crippen MR) is 83.6 cm³/mol. The fourth-order valence-corrected chi connectivity index (χ4v) is 2.80. The first-order chi connectivity index (χ1) is 8.63. The molecule has 0 aromatic heterocycles. The van der Waals surface area contributed by atoms with Crippen LogP contribution in [0.25, 0.3) is 0 Å². The molecule has 1 aromatic carbocycles. The van der Waals surface area contributed by atoms with E-state index in [2.05, 4.69) is 40.7 Å². The Balaban J connectivity index is 3.18. The highest BCUT2D eigenvalue weighted by molar-refractivity contribution is 5.59. The summed E-state index contributed by atoms with van der Waals surface area (Å²) in [5, 5.41) is 9.94. The molecule has 0 saturated carbocycles. The minimum atomic E-state index is 0.0608. The van der Waals surface area contributed by atoms with Crippen LogP contribution in [-0.4, -0.2) is 5.11 Å². The summed E-state index contributed by atoms with van der Waals surface area (Å²) in [7, 11) is 0. The summed E-state index contributed by atoms with van der Waals surface area (Å²) in [6, 6.07) is 4.04. The number of phenols is 1. The molecule has 19 heavy (non-hydrogen) atoms. The summed E-state index contributed by atoms with van der Waals surface area (Å²) < 4.78 is 0. The molecule has 3 N–H and O–H groups in total. The number of aromatic hydroxyl groups is 1. The summed E-state index contributed by atoms with van der Waals surface area (Å²) in [5.74, 6) is 0.247. The second-order valence-corrected chi connectivity index (χ2v) is 7.01. The van der Waals surface area contributed by atoms with Gasteiger partial charge in [0.25, 0.3) is 0 Å². The Hall–Kier alpha value is -1.18. The summed E-state index contributed by atoms with van der Waals surface area (Å²) in [6.45, 7) is 13.4. The largest absolute Gasteiger partial charge is 0.506 e. The molecule has 0 fully saturated rings. The highest BCUT2D eigenvalue weighted by Crippen LogP contribution is 2.41.